The molecule has 11 heteroatoms. The minimum Gasteiger partial charge on any atom is -0.332 e. The van der Waals surface area contributed by atoms with Crippen LogP contribution in [0, 0.1) is 0 Å². The number of thiocarbonyl (C=S) groups is 1. The van der Waals surface area contributed by atoms with Crippen molar-refractivity contribution in [3.8, 4) is 0 Å². The smallest absolute Gasteiger partial charge is 0.332 e. The van der Waals surface area contributed by atoms with Gasteiger partial charge in [-0.3, -0.25) is 4.68 Å². The Balaban J connectivity index is 1.72. The van der Waals surface area contributed by atoms with Crippen LogP contribution in [0.5, 0.6) is 0 Å². The monoisotopic (exact) mass is 478 g/mol. The standard InChI is InChI=1S/C18H12Cl3F3N4S/c19-11-6-5-10(13(20)7-11)8-28-9-14(21)16(27-28)26-17(29)25-15-4-2-1-3-12(15)18(22,23)24/h1-7,9H,8H2,(H2,25,26,27,29). The van der Waals surface area contributed by atoms with Crippen LogP contribution in [-0.2, 0) is 12.7 Å². The molecule has 0 spiro atoms. The Morgan fingerprint density at radius 3 is 2.45 bits per heavy atom. The topological polar surface area (TPSA) is 41.9 Å². The summed E-state index contributed by atoms with van der Waals surface area (Å²) in [5.74, 6) is 0.193. The summed E-state index contributed by atoms with van der Waals surface area (Å²) in [6.45, 7) is 0.314. The molecule has 1 aromatic heterocycles. The van der Waals surface area contributed by atoms with E-state index in [0.717, 1.165) is 11.6 Å². The Morgan fingerprint density at radius 1 is 1.03 bits per heavy atom. The minimum absolute atomic E-state index is 0.0848. The Morgan fingerprint density at radius 2 is 1.76 bits per heavy atom. The molecule has 0 aliphatic rings. The van der Waals surface area contributed by atoms with Crippen LogP contribution in [0.1, 0.15) is 11.1 Å². The molecule has 0 fully saturated rings. The number of benzene rings is 2. The second kappa shape index (κ2) is 8.79. The Labute approximate surface area is 184 Å². The van der Waals surface area contributed by atoms with E-state index in [-0.39, 0.29) is 21.6 Å². The van der Waals surface area contributed by atoms with Crippen LogP contribution >= 0.6 is 47.0 Å². The number of alkyl halides is 3. The molecule has 4 nitrogen and oxygen atoms in total. The summed E-state index contributed by atoms with van der Waals surface area (Å²) in [5, 5.41) is 10.6. The van der Waals surface area contributed by atoms with Crippen molar-refractivity contribution in [1.82, 2.24) is 9.78 Å². The number of hydrogen-bond donors (Lipinski definition) is 2. The van der Waals surface area contributed by atoms with Gasteiger partial charge in [-0.05, 0) is 42.0 Å². The van der Waals surface area contributed by atoms with Crippen molar-refractivity contribution in [2.75, 3.05) is 10.6 Å². The maximum Gasteiger partial charge on any atom is 0.418 e. The summed E-state index contributed by atoms with van der Waals surface area (Å²) in [6.07, 6.45) is -2.97. The van der Waals surface area contributed by atoms with Crippen LogP contribution in [0.2, 0.25) is 15.1 Å². The molecule has 0 bridgehead atoms. The predicted molar refractivity (Wildman–Crippen MR) is 114 cm³/mol. The van der Waals surface area contributed by atoms with Crippen molar-refractivity contribution in [3.05, 3.63) is 74.9 Å². The molecular formula is C18H12Cl3F3N4S. The Kier molecular flexibility index (Phi) is 6.58. The first kappa shape index (κ1) is 21.7. The zero-order valence-electron chi connectivity index (χ0n) is 14.4. The number of nitrogens with zero attached hydrogens (tertiary/aromatic N) is 2. The molecule has 0 atom stereocenters. The molecule has 0 saturated carbocycles. The fraction of sp³-hybridized carbons (Fsp3) is 0.111. The van der Waals surface area contributed by atoms with E-state index in [1.807, 2.05) is 0 Å². The third kappa shape index (κ3) is 5.54. The van der Waals surface area contributed by atoms with Crippen LogP contribution in [0.4, 0.5) is 24.7 Å². The fourth-order valence-corrected chi connectivity index (χ4v) is 3.36. The van der Waals surface area contributed by atoms with Crippen molar-refractivity contribution >= 4 is 63.6 Å². The highest BCUT2D eigenvalue weighted by atomic mass is 35.5. The van der Waals surface area contributed by atoms with Crippen molar-refractivity contribution in [3.63, 3.8) is 0 Å². The van der Waals surface area contributed by atoms with Crippen LogP contribution in [-0.4, -0.2) is 14.9 Å². The van der Waals surface area contributed by atoms with Crippen LogP contribution < -0.4 is 10.6 Å². The van der Waals surface area contributed by atoms with Gasteiger partial charge in [-0.1, -0.05) is 53.0 Å². The van der Waals surface area contributed by atoms with Crippen molar-refractivity contribution in [1.29, 1.82) is 0 Å². The summed E-state index contributed by atoms with van der Waals surface area (Å²) in [7, 11) is 0. The highest BCUT2D eigenvalue weighted by molar-refractivity contribution is 7.80. The summed E-state index contributed by atoms with van der Waals surface area (Å²) >= 11 is 23.3. The summed E-state index contributed by atoms with van der Waals surface area (Å²) in [5.41, 5.74) is -0.249. The van der Waals surface area contributed by atoms with Gasteiger partial charge in [-0.15, -0.1) is 0 Å². The third-order valence-electron chi connectivity index (χ3n) is 3.78. The molecule has 0 aliphatic carbocycles. The van der Waals surface area contributed by atoms with Gasteiger partial charge >= 0.3 is 6.18 Å². The first-order chi connectivity index (χ1) is 13.6. The average Bonchev–Trinajstić information content (AvgIpc) is 2.96. The van der Waals surface area contributed by atoms with Crippen molar-refractivity contribution in [2.24, 2.45) is 0 Å². The van der Waals surface area contributed by atoms with E-state index >= 15 is 0 Å². The third-order valence-corrected chi connectivity index (χ3v) is 4.84. The number of rotatable bonds is 4. The first-order valence-electron chi connectivity index (χ1n) is 8.04. The first-order valence-corrected chi connectivity index (χ1v) is 9.59. The molecular weight excluding hydrogens is 468 g/mol. The van der Waals surface area contributed by atoms with Crippen LogP contribution in [0.25, 0.3) is 0 Å². The highest BCUT2D eigenvalue weighted by Crippen LogP contribution is 2.34. The largest absolute Gasteiger partial charge is 0.418 e. The number of hydrogen-bond acceptors (Lipinski definition) is 2. The lowest BCUT2D eigenvalue weighted by molar-refractivity contribution is -0.136. The molecule has 0 saturated heterocycles. The fourth-order valence-electron chi connectivity index (χ4n) is 2.49. The normalized spacial score (nSPS) is 11.4. The predicted octanol–water partition coefficient (Wildman–Crippen LogP) is 6.72. The van der Waals surface area contributed by atoms with E-state index < -0.39 is 11.7 Å². The zero-order valence-corrected chi connectivity index (χ0v) is 17.5. The number of anilines is 2. The summed E-state index contributed by atoms with van der Waals surface area (Å²) in [6, 6.07) is 10.1. The van der Waals surface area contributed by atoms with Gasteiger partial charge in [0.15, 0.2) is 10.9 Å². The quantitative estimate of drug-likeness (QED) is 0.408. The van der Waals surface area contributed by atoms with Crippen molar-refractivity contribution in [2.45, 2.75) is 12.7 Å². The molecule has 0 amide bonds. The molecule has 152 valence electrons. The Bertz CT molecular complexity index is 1050. The van der Waals surface area contributed by atoms with E-state index in [1.165, 1.54) is 22.9 Å². The van der Waals surface area contributed by atoms with Gasteiger partial charge in [-0.25, -0.2) is 0 Å². The van der Waals surface area contributed by atoms with E-state index in [2.05, 4.69) is 15.7 Å². The van der Waals surface area contributed by atoms with Crippen LogP contribution in [0.15, 0.2) is 48.7 Å². The highest BCUT2D eigenvalue weighted by Gasteiger charge is 2.33. The van der Waals surface area contributed by atoms with Gasteiger partial charge in [0.1, 0.15) is 5.02 Å². The lowest BCUT2D eigenvalue weighted by atomic mass is 10.2. The maximum absolute atomic E-state index is 13.1. The van der Waals surface area contributed by atoms with E-state index in [9.17, 15) is 13.2 Å². The molecule has 0 aliphatic heterocycles. The Hall–Kier alpha value is -2.00. The van der Waals surface area contributed by atoms with E-state index in [0.29, 0.717) is 16.6 Å². The second-order valence-electron chi connectivity index (χ2n) is 5.88. The van der Waals surface area contributed by atoms with Gasteiger partial charge in [0.05, 0.1) is 17.8 Å². The zero-order chi connectivity index (χ0) is 21.2. The van der Waals surface area contributed by atoms with Gasteiger partial charge in [0.2, 0.25) is 0 Å². The molecule has 0 radical (unpaired) electrons. The van der Waals surface area contributed by atoms with Crippen molar-refractivity contribution < 1.29 is 13.2 Å². The summed E-state index contributed by atoms with van der Waals surface area (Å²) < 4.78 is 40.8. The number of para-hydroxylation sites is 1. The maximum atomic E-state index is 13.1. The second-order valence-corrected chi connectivity index (χ2v) is 7.54. The van der Waals surface area contributed by atoms with E-state index in [1.54, 1.807) is 24.4 Å². The number of aromatic nitrogens is 2. The van der Waals surface area contributed by atoms with Gasteiger partial charge in [0.25, 0.3) is 0 Å². The number of halogens is 6. The molecule has 2 aromatic carbocycles. The van der Waals surface area contributed by atoms with Crippen LogP contribution in [0.3, 0.4) is 0 Å². The lowest BCUT2D eigenvalue weighted by Gasteiger charge is -2.15. The van der Waals surface area contributed by atoms with E-state index in [4.69, 9.17) is 47.0 Å². The molecule has 29 heavy (non-hydrogen) atoms. The lowest BCUT2D eigenvalue weighted by Crippen LogP contribution is -2.22. The summed E-state index contributed by atoms with van der Waals surface area (Å²) in [4.78, 5) is 0. The molecule has 1 heterocycles. The SMILES string of the molecule is FC(F)(F)c1ccccc1NC(=S)Nc1nn(Cc2ccc(Cl)cc2Cl)cc1Cl. The number of nitrogens with one attached hydrogen (secondary N) is 2. The molecule has 0 unspecified atom stereocenters. The molecule has 2 N–H and O–H groups in total. The molecule has 3 rings (SSSR count). The molecule has 3 aromatic rings. The van der Waals surface area contributed by atoms with Gasteiger partial charge < -0.3 is 10.6 Å². The minimum atomic E-state index is -4.52. The van der Waals surface area contributed by atoms with Gasteiger partial charge in [-0.2, -0.15) is 18.3 Å². The average molecular weight is 480 g/mol. The van der Waals surface area contributed by atoms with Gasteiger partial charge in [0, 0.05) is 16.2 Å².